The molecule has 0 unspecified atom stereocenters. The fourth-order valence-corrected chi connectivity index (χ4v) is 2.41. The molecule has 0 radical (unpaired) electrons. The first kappa shape index (κ1) is 16.0. The Labute approximate surface area is 115 Å². The van der Waals surface area contributed by atoms with E-state index >= 15 is 0 Å². The molecule has 2 atom stereocenters. The number of nitrogens with zero attached hydrogens (tertiary/aromatic N) is 1. The molecule has 0 aromatic heterocycles. The molecule has 1 amide bonds. The fraction of sp³-hybridized carbons (Fsp3) is 0.857. The van der Waals surface area contributed by atoms with Gasteiger partial charge in [0.2, 0.25) is 0 Å². The average Bonchev–Trinajstić information content (AvgIpc) is 2.43. The molecule has 0 aromatic rings. The second-order valence-electron chi connectivity index (χ2n) is 6.44. The van der Waals surface area contributed by atoms with Gasteiger partial charge in [0, 0.05) is 6.42 Å². The number of aldehydes is 1. The third-order valence-corrected chi connectivity index (χ3v) is 3.12. The summed E-state index contributed by atoms with van der Waals surface area (Å²) in [4.78, 5) is 24.4. The number of carbonyl (C=O) groups is 2. The van der Waals surface area contributed by atoms with Gasteiger partial charge in [0.1, 0.15) is 17.6 Å². The zero-order valence-electron chi connectivity index (χ0n) is 12.7. The highest BCUT2D eigenvalue weighted by Crippen LogP contribution is 2.35. The first-order valence-corrected chi connectivity index (χ1v) is 6.72. The second-order valence-corrected chi connectivity index (χ2v) is 6.44. The summed E-state index contributed by atoms with van der Waals surface area (Å²) in [6.45, 7) is 11.1. The Bertz CT molecular complexity index is 346. The van der Waals surface area contributed by atoms with E-state index < -0.39 is 11.3 Å². The lowest BCUT2D eigenvalue weighted by molar-refractivity contribution is -0.109. The van der Waals surface area contributed by atoms with Crippen LogP contribution in [0.5, 0.6) is 0 Å². The molecule has 0 bridgehead atoms. The van der Waals surface area contributed by atoms with E-state index in [1.807, 2.05) is 41.5 Å². The summed E-state index contributed by atoms with van der Waals surface area (Å²) < 4.78 is 11.3. The third-order valence-electron chi connectivity index (χ3n) is 3.12. The molecular formula is C14H25NO4. The molecule has 1 fully saturated rings. The molecule has 0 N–H and O–H groups in total. The predicted octanol–water partition coefficient (Wildman–Crippen LogP) is 2.73. The van der Waals surface area contributed by atoms with Crippen LogP contribution in [-0.4, -0.2) is 40.8 Å². The lowest BCUT2D eigenvalue weighted by atomic mass is 10.1. The van der Waals surface area contributed by atoms with Crippen LogP contribution in [0.1, 0.15) is 54.4 Å². The maximum atomic E-state index is 12.3. The topological polar surface area (TPSA) is 55.8 Å². The average molecular weight is 271 g/mol. The molecule has 1 aliphatic rings. The summed E-state index contributed by atoms with van der Waals surface area (Å²) in [5.41, 5.74) is -1.25. The van der Waals surface area contributed by atoms with Crippen LogP contribution in [0.25, 0.3) is 0 Å². The predicted molar refractivity (Wildman–Crippen MR) is 71.8 cm³/mol. The second kappa shape index (κ2) is 5.49. The SMILES string of the molecule is C[C@H]1[C@H](CCC=O)OC(C)(C)N1C(=O)OC(C)(C)C. The van der Waals surface area contributed by atoms with Crippen molar-refractivity contribution in [3.05, 3.63) is 0 Å². The van der Waals surface area contributed by atoms with Crippen LogP contribution >= 0.6 is 0 Å². The van der Waals surface area contributed by atoms with Gasteiger partial charge in [0.05, 0.1) is 12.1 Å². The Morgan fingerprint density at radius 2 is 2.00 bits per heavy atom. The molecule has 1 saturated heterocycles. The minimum atomic E-state index is -0.713. The van der Waals surface area contributed by atoms with Crippen molar-refractivity contribution in [3.63, 3.8) is 0 Å². The van der Waals surface area contributed by atoms with Crippen molar-refractivity contribution >= 4 is 12.4 Å². The molecule has 1 aliphatic heterocycles. The lowest BCUT2D eigenvalue weighted by Crippen LogP contribution is -2.49. The molecule has 0 saturated carbocycles. The number of ether oxygens (including phenoxy) is 2. The minimum absolute atomic E-state index is 0.107. The fourth-order valence-electron chi connectivity index (χ4n) is 2.41. The van der Waals surface area contributed by atoms with Gasteiger partial charge in [0.25, 0.3) is 0 Å². The summed E-state index contributed by atoms with van der Waals surface area (Å²) in [6.07, 6.45) is 1.42. The Hall–Kier alpha value is -1.10. The minimum Gasteiger partial charge on any atom is -0.444 e. The van der Waals surface area contributed by atoms with Gasteiger partial charge >= 0.3 is 6.09 Å². The van der Waals surface area contributed by atoms with Crippen molar-refractivity contribution in [2.45, 2.75) is 77.9 Å². The van der Waals surface area contributed by atoms with E-state index in [2.05, 4.69) is 0 Å². The Kier molecular flexibility index (Phi) is 4.61. The van der Waals surface area contributed by atoms with Crippen LogP contribution in [0.3, 0.4) is 0 Å². The van der Waals surface area contributed by atoms with E-state index in [1.54, 1.807) is 4.90 Å². The molecule has 1 heterocycles. The van der Waals surface area contributed by atoms with Gasteiger partial charge in [-0.15, -0.1) is 0 Å². The van der Waals surface area contributed by atoms with Gasteiger partial charge in [-0.25, -0.2) is 4.79 Å². The van der Waals surface area contributed by atoms with E-state index in [4.69, 9.17) is 9.47 Å². The smallest absolute Gasteiger partial charge is 0.412 e. The zero-order chi connectivity index (χ0) is 14.8. The number of rotatable bonds is 3. The van der Waals surface area contributed by atoms with Crippen LogP contribution in [0, 0.1) is 0 Å². The van der Waals surface area contributed by atoms with Crippen LogP contribution in [0.15, 0.2) is 0 Å². The van der Waals surface area contributed by atoms with Gasteiger partial charge < -0.3 is 14.3 Å². The zero-order valence-corrected chi connectivity index (χ0v) is 12.7. The Morgan fingerprint density at radius 1 is 1.42 bits per heavy atom. The van der Waals surface area contributed by atoms with Crippen LogP contribution in [0.4, 0.5) is 4.79 Å². The monoisotopic (exact) mass is 271 g/mol. The van der Waals surface area contributed by atoms with Crippen molar-refractivity contribution in [2.75, 3.05) is 0 Å². The van der Waals surface area contributed by atoms with Crippen molar-refractivity contribution in [3.8, 4) is 0 Å². The van der Waals surface area contributed by atoms with Crippen molar-refractivity contribution in [1.29, 1.82) is 0 Å². The van der Waals surface area contributed by atoms with Crippen LogP contribution in [0.2, 0.25) is 0 Å². The van der Waals surface area contributed by atoms with E-state index in [-0.39, 0.29) is 18.2 Å². The van der Waals surface area contributed by atoms with E-state index in [0.29, 0.717) is 12.8 Å². The molecular weight excluding hydrogens is 246 g/mol. The maximum absolute atomic E-state index is 12.3. The Balaban J connectivity index is 2.81. The van der Waals surface area contributed by atoms with Crippen LogP contribution in [-0.2, 0) is 14.3 Å². The van der Waals surface area contributed by atoms with Gasteiger partial charge in [-0.2, -0.15) is 0 Å². The summed E-state index contributed by atoms with van der Waals surface area (Å²) in [7, 11) is 0. The van der Waals surface area contributed by atoms with Crippen molar-refractivity contribution in [1.82, 2.24) is 4.90 Å². The quantitative estimate of drug-likeness (QED) is 0.741. The highest BCUT2D eigenvalue weighted by molar-refractivity contribution is 5.69. The molecule has 110 valence electrons. The van der Waals surface area contributed by atoms with Gasteiger partial charge in [-0.05, 0) is 48.0 Å². The summed E-state index contributed by atoms with van der Waals surface area (Å²) in [5, 5.41) is 0. The molecule has 19 heavy (non-hydrogen) atoms. The van der Waals surface area contributed by atoms with Crippen molar-refractivity contribution in [2.24, 2.45) is 0 Å². The largest absolute Gasteiger partial charge is 0.444 e. The molecule has 1 rings (SSSR count). The first-order chi connectivity index (χ1) is 8.58. The first-order valence-electron chi connectivity index (χ1n) is 6.72. The molecule has 5 nitrogen and oxygen atoms in total. The lowest BCUT2D eigenvalue weighted by Gasteiger charge is -2.34. The summed E-state index contributed by atoms with van der Waals surface area (Å²) in [5.74, 6) is 0. The van der Waals surface area contributed by atoms with Crippen LogP contribution < -0.4 is 0 Å². The molecule has 0 aromatic carbocycles. The summed E-state index contributed by atoms with van der Waals surface area (Å²) in [6, 6.07) is -0.107. The number of amides is 1. The van der Waals surface area contributed by atoms with Gasteiger partial charge in [-0.1, -0.05) is 0 Å². The highest BCUT2D eigenvalue weighted by atomic mass is 16.6. The molecule has 5 heteroatoms. The normalized spacial score (nSPS) is 26.3. The Morgan fingerprint density at radius 3 is 2.47 bits per heavy atom. The van der Waals surface area contributed by atoms with E-state index in [1.165, 1.54) is 0 Å². The highest BCUT2D eigenvalue weighted by Gasteiger charge is 2.48. The third kappa shape index (κ3) is 3.93. The number of hydrogen-bond acceptors (Lipinski definition) is 4. The standard InChI is InChI=1S/C14H25NO4/c1-10-11(8-7-9-16)18-14(5,6)15(10)12(17)19-13(2,3)4/h9-11H,7-8H2,1-6H3/t10-,11-/m0/s1. The van der Waals surface area contributed by atoms with Crippen molar-refractivity contribution < 1.29 is 19.1 Å². The maximum Gasteiger partial charge on any atom is 0.412 e. The van der Waals surface area contributed by atoms with Gasteiger partial charge in [-0.3, -0.25) is 4.90 Å². The molecule has 0 spiro atoms. The number of carbonyl (C=O) groups excluding carboxylic acids is 2. The molecule has 0 aliphatic carbocycles. The summed E-state index contributed by atoms with van der Waals surface area (Å²) >= 11 is 0. The van der Waals surface area contributed by atoms with Gasteiger partial charge in [0.15, 0.2) is 0 Å². The number of hydrogen-bond donors (Lipinski definition) is 0. The van der Waals surface area contributed by atoms with E-state index in [0.717, 1.165) is 6.29 Å². The van der Waals surface area contributed by atoms with E-state index in [9.17, 15) is 9.59 Å².